The summed E-state index contributed by atoms with van der Waals surface area (Å²) in [5.41, 5.74) is -1.51. The topological polar surface area (TPSA) is 106 Å². The minimum atomic E-state index is -1.19. The number of benzene rings is 1. The van der Waals surface area contributed by atoms with Crippen molar-refractivity contribution in [1.29, 1.82) is 0 Å². The van der Waals surface area contributed by atoms with E-state index in [-0.39, 0.29) is 44.0 Å². The summed E-state index contributed by atoms with van der Waals surface area (Å²) < 4.78 is 17.5. The third-order valence-corrected chi connectivity index (χ3v) is 8.39. The number of fused-ring (bicyclic) bond motifs is 1. The first-order valence-electron chi connectivity index (χ1n) is 13.2. The van der Waals surface area contributed by atoms with Crippen molar-refractivity contribution in [2.45, 2.75) is 50.4 Å². The van der Waals surface area contributed by atoms with E-state index < -0.39 is 35.0 Å². The highest BCUT2D eigenvalue weighted by Gasteiger charge is 2.80. The van der Waals surface area contributed by atoms with Gasteiger partial charge in [-0.25, -0.2) is 0 Å². The van der Waals surface area contributed by atoms with Crippen LogP contribution in [0.5, 0.6) is 5.75 Å². The van der Waals surface area contributed by atoms with Crippen LogP contribution in [0.1, 0.15) is 33.1 Å². The summed E-state index contributed by atoms with van der Waals surface area (Å²) in [6.45, 7) is 11.7. The predicted octanol–water partition coefficient (Wildman–Crippen LogP) is 2.73. The number of nitrogens with zero attached hydrogens (tertiary/aromatic N) is 2. The zero-order chi connectivity index (χ0) is 27.7. The molecule has 1 aromatic rings. The Morgan fingerprint density at radius 1 is 1.26 bits per heavy atom. The van der Waals surface area contributed by atoms with Crippen LogP contribution in [0.3, 0.4) is 0 Å². The van der Waals surface area contributed by atoms with Crippen LogP contribution in [0.25, 0.3) is 0 Å². The Hall–Kier alpha value is -3.17. The molecule has 1 N–H and O–H groups in total. The zero-order valence-electron chi connectivity index (χ0n) is 22.4. The summed E-state index contributed by atoms with van der Waals surface area (Å²) in [5.74, 6) is -2.26. The standard InChI is InChI=1S/C29H38N2O7/c1-6-8-17-37-27(35)23-22-25(33)31(15-9-16-32)24(29(22)18-19(3)28(23,4)38-29)26(34)30(14-7-2)20-10-12-21(36-5)13-11-20/h6-7,10-13,19,22-24,32H,1-2,8-9,14-18H2,3-5H3/t19?,22-,23-,24?,28+,29?/m0/s1. The first-order valence-corrected chi connectivity index (χ1v) is 13.2. The molecule has 3 aliphatic rings. The van der Waals surface area contributed by atoms with E-state index in [1.54, 1.807) is 48.4 Å². The molecule has 4 rings (SSSR count). The molecule has 0 aromatic heterocycles. The Morgan fingerprint density at radius 3 is 2.58 bits per heavy atom. The Kier molecular flexibility index (Phi) is 7.99. The van der Waals surface area contributed by atoms with Gasteiger partial charge in [-0.15, -0.1) is 13.2 Å². The Labute approximate surface area is 224 Å². The molecule has 9 heteroatoms. The number of aliphatic hydroxyl groups excluding tert-OH is 1. The smallest absolute Gasteiger partial charge is 0.312 e. The van der Waals surface area contributed by atoms with Crippen molar-refractivity contribution in [3.05, 3.63) is 49.6 Å². The van der Waals surface area contributed by atoms with Crippen LogP contribution in [0.4, 0.5) is 5.69 Å². The van der Waals surface area contributed by atoms with Crippen molar-refractivity contribution in [1.82, 2.24) is 4.90 Å². The molecule has 206 valence electrons. The number of likely N-dealkylation sites (tertiary alicyclic amines) is 1. The number of aliphatic hydroxyl groups is 1. The maximum Gasteiger partial charge on any atom is 0.312 e. The zero-order valence-corrected chi connectivity index (χ0v) is 22.4. The lowest BCUT2D eigenvalue weighted by Gasteiger charge is -2.37. The lowest BCUT2D eigenvalue weighted by atomic mass is 9.62. The van der Waals surface area contributed by atoms with Gasteiger partial charge in [-0.05, 0) is 56.4 Å². The molecule has 38 heavy (non-hydrogen) atoms. The first-order chi connectivity index (χ1) is 18.2. The molecule has 0 radical (unpaired) electrons. The number of anilines is 1. The van der Waals surface area contributed by atoms with E-state index in [0.29, 0.717) is 30.7 Å². The molecule has 0 saturated carbocycles. The van der Waals surface area contributed by atoms with Crippen molar-refractivity contribution in [2.75, 3.05) is 38.3 Å². The number of amides is 2. The highest BCUT2D eigenvalue weighted by atomic mass is 16.6. The van der Waals surface area contributed by atoms with Gasteiger partial charge in [-0.3, -0.25) is 14.4 Å². The second kappa shape index (κ2) is 10.9. The summed E-state index contributed by atoms with van der Waals surface area (Å²) in [7, 11) is 1.57. The second-order valence-corrected chi connectivity index (χ2v) is 10.5. The molecule has 2 bridgehead atoms. The fraction of sp³-hybridized carbons (Fsp3) is 0.552. The van der Waals surface area contributed by atoms with E-state index in [0.717, 1.165) is 0 Å². The number of carbonyl (C=O) groups excluding carboxylic acids is 3. The van der Waals surface area contributed by atoms with Crippen LogP contribution < -0.4 is 9.64 Å². The molecule has 3 heterocycles. The van der Waals surface area contributed by atoms with Gasteiger partial charge in [0.2, 0.25) is 5.91 Å². The highest BCUT2D eigenvalue weighted by molar-refractivity contribution is 6.04. The van der Waals surface area contributed by atoms with Gasteiger partial charge < -0.3 is 29.1 Å². The molecule has 3 fully saturated rings. The number of hydrogen-bond acceptors (Lipinski definition) is 7. The lowest BCUT2D eigenvalue weighted by molar-refractivity contribution is -0.161. The molecule has 3 aliphatic heterocycles. The lowest BCUT2D eigenvalue weighted by Crippen LogP contribution is -2.57. The second-order valence-electron chi connectivity index (χ2n) is 10.5. The third-order valence-electron chi connectivity index (χ3n) is 8.39. The van der Waals surface area contributed by atoms with Crippen molar-refractivity contribution >= 4 is 23.5 Å². The number of methoxy groups -OCH3 is 1. The number of ether oxygens (including phenoxy) is 3. The van der Waals surface area contributed by atoms with Gasteiger partial charge in [0.15, 0.2) is 0 Å². The molecule has 1 aromatic carbocycles. The number of esters is 1. The van der Waals surface area contributed by atoms with Gasteiger partial charge in [0, 0.05) is 25.4 Å². The van der Waals surface area contributed by atoms with Crippen LogP contribution in [0.2, 0.25) is 0 Å². The number of rotatable bonds is 12. The maximum absolute atomic E-state index is 14.4. The van der Waals surface area contributed by atoms with Crippen molar-refractivity contribution in [3.8, 4) is 5.75 Å². The fourth-order valence-electron chi connectivity index (χ4n) is 6.55. The van der Waals surface area contributed by atoms with E-state index in [1.165, 1.54) is 4.90 Å². The van der Waals surface area contributed by atoms with Crippen LogP contribution in [-0.4, -0.2) is 78.4 Å². The molecule has 3 saturated heterocycles. The minimum absolute atomic E-state index is 0.0922. The number of hydrogen-bond donors (Lipinski definition) is 1. The largest absolute Gasteiger partial charge is 0.497 e. The van der Waals surface area contributed by atoms with Crippen LogP contribution in [0.15, 0.2) is 49.6 Å². The normalized spacial score (nSPS) is 31.2. The van der Waals surface area contributed by atoms with Gasteiger partial charge in [0.1, 0.15) is 23.3 Å². The van der Waals surface area contributed by atoms with Crippen molar-refractivity contribution in [3.63, 3.8) is 0 Å². The van der Waals surface area contributed by atoms with Gasteiger partial charge in [0.25, 0.3) is 5.91 Å². The molecule has 3 unspecified atom stereocenters. The summed E-state index contributed by atoms with van der Waals surface area (Å²) >= 11 is 0. The van der Waals surface area contributed by atoms with E-state index in [1.807, 2.05) is 13.8 Å². The van der Waals surface area contributed by atoms with Crippen LogP contribution in [0, 0.1) is 17.8 Å². The molecule has 2 amide bonds. The quantitative estimate of drug-likeness (QED) is 0.254. The molecule has 9 nitrogen and oxygen atoms in total. The summed E-state index contributed by atoms with van der Waals surface area (Å²) in [4.78, 5) is 44.9. The molecular weight excluding hydrogens is 488 g/mol. The SMILES string of the molecule is C=CCCOC(=O)[C@@H]1[C@H]2C(=O)N(CCCO)C(C(=O)N(CC=C)c3ccc(OC)cc3)C23CC(C)[C@@]1(C)O3. The summed E-state index contributed by atoms with van der Waals surface area (Å²) in [6, 6.07) is 6.11. The Morgan fingerprint density at radius 2 is 1.97 bits per heavy atom. The summed E-state index contributed by atoms with van der Waals surface area (Å²) in [5, 5.41) is 9.56. The Bertz CT molecular complexity index is 1090. The van der Waals surface area contributed by atoms with Crippen molar-refractivity contribution in [2.24, 2.45) is 17.8 Å². The highest BCUT2D eigenvalue weighted by Crippen LogP contribution is 2.65. The van der Waals surface area contributed by atoms with Gasteiger partial charge >= 0.3 is 5.97 Å². The third kappa shape index (κ3) is 4.31. The van der Waals surface area contributed by atoms with E-state index in [2.05, 4.69) is 13.2 Å². The average molecular weight is 527 g/mol. The molecule has 0 aliphatic carbocycles. The molecule has 1 spiro atoms. The van der Waals surface area contributed by atoms with Gasteiger partial charge in [-0.2, -0.15) is 0 Å². The molecule has 6 atom stereocenters. The van der Waals surface area contributed by atoms with E-state index in [9.17, 15) is 19.5 Å². The molecular formula is C29H38N2O7. The van der Waals surface area contributed by atoms with Gasteiger partial charge in [-0.1, -0.05) is 19.1 Å². The van der Waals surface area contributed by atoms with Gasteiger partial charge in [0.05, 0.1) is 25.2 Å². The van der Waals surface area contributed by atoms with Crippen molar-refractivity contribution < 1.29 is 33.7 Å². The monoisotopic (exact) mass is 526 g/mol. The Balaban J connectivity index is 1.77. The first kappa shape index (κ1) is 27.9. The van der Waals surface area contributed by atoms with E-state index >= 15 is 0 Å². The summed E-state index contributed by atoms with van der Waals surface area (Å²) in [6.07, 6.45) is 4.53. The average Bonchev–Trinajstić information content (AvgIpc) is 3.42. The number of carbonyl (C=O) groups is 3. The van der Waals surface area contributed by atoms with Crippen LogP contribution in [-0.2, 0) is 23.9 Å². The minimum Gasteiger partial charge on any atom is -0.497 e. The fourth-order valence-corrected chi connectivity index (χ4v) is 6.55. The van der Waals surface area contributed by atoms with E-state index in [4.69, 9.17) is 14.2 Å². The van der Waals surface area contributed by atoms with Crippen LogP contribution >= 0.6 is 0 Å². The predicted molar refractivity (Wildman–Crippen MR) is 142 cm³/mol. The maximum atomic E-state index is 14.4.